The third-order valence-electron chi connectivity index (χ3n) is 2.99. The lowest BCUT2D eigenvalue weighted by molar-refractivity contribution is -0.129. The fraction of sp³-hybridized carbons (Fsp3) is 0.312. The summed E-state index contributed by atoms with van der Waals surface area (Å²) in [5.41, 5.74) is -0.375. The third kappa shape index (κ3) is 6.89. The van der Waals surface area contributed by atoms with Crippen LogP contribution in [-0.4, -0.2) is 16.6 Å². The van der Waals surface area contributed by atoms with Gasteiger partial charge in [0.15, 0.2) is 11.6 Å². The predicted octanol–water partition coefficient (Wildman–Crippen LogP) is 6.71. The molecule has 0 aliphatic carbocycles. The van der Waals surface area contributed by atoms with E-state index in [2.05, 4.69) is 27.5 Å². The summed E-state index contributed by atoms with van der Waals surface area (Å²) < 4.78 is 79.0. The van der Waals surface area contributed by atoms with Gasteiger partial charge in [-0.3, -0.25) is 0 Å². The summed E-state index contributed by atoms with van der Waals surface area (Å²) in [7, 11) is 0. The fourth-order valence-corrected chi connectivity index (χ4v) is 3.20. The van der Waals surface area contributed by atoms with Gasteiger partial charge < -0.3 is 0 Å². The number of aliphatic imine (C=N–C) groups is 1. The largest absolute Gasteiger partial charge is 0.389 e. The van der Waals surface area contributed by atoms with Crippen molar-refractivity contribution in [2.24, 2.45) is 4.99 Å². The molecule has 1 atom stereocenters. The second-order valence-electron chi connectivity index (χ2n) is 4.90. The molecule has 0 heterocycles. The van der Waals surface area contributed by atoms with Crippen molar-refractivity contribution < 1.29 is 26.3 Å². The van der Waals surface area contributed by atoms with Crippen LogP contribution in [0.15, 0.2) is 41.6 Å². The number of thioether (sulfide) groups is 1. The van der Waals surface area contributed by atoms with E-state index < -0.39 is 46.6 Å². The summed E-state index contributed by atoms with van der Waals surface area (Å²) >= 11 is 3.71. The Kier molecular flexibility index (Phi) is 8.27. The van der Waals surface area contributed by atoms with Crippen molar-refractivity contribution >= 4 is 32.3 Å². The van der Waals surface area contributed by atoms with Crippen molar-refractivity contribution in [3.8, 4) is 0 Å². The van der Waals surface area contributed by atoms with E-state index >= 15 is 0 Å². The number of alkyl halides is 3. The van der Waals surface area contributed by atoms with Gasteiger partial charge in [-0.15, -0.1) is 11.8 Å². The highest BCUT2D eigenvalue weighted by molar-refractivity contribution is 9.18. The van der Waals surface area contributed by atoms with Crippen LogP contribution in [0.1, 0.15) is 24.2 Å². The van der Waals surface area contributed by atoms with Crippen LogP contribution in [0.4, 0.5) is 26.3 Å². The molecule has 0 aliphatic rings. The Morgan fingerprint density at radius 2 is 1.88 bits per heavy atom. The van der Waals surface area contributed by atoms with Crippen LogP contribution in [0.5, 0.6) is 0 Å². The zero-order valence-electron chi connectivity index (χ0n) is 13.0. The molecule has 138 valence electrons. The predicted molar refractivity (Wildman–Crippen MR) is 92.5 cm³/mol. The van der Waals surface area contributed by atoms with E-state index in [1.54, 1.807) is 0 Å². The van der Waals surface area contributed by atoms with Gasteiger partial charge in [-0.05, 0) is 46.6 Å². The zero-order valence-corrected chi connectivity index (χ0v) is 15.4. The van der Waals surface area contributed by atoms with Gasteiger partial charge in [0.2, 0.25) is 0 Å². The first-order valence-electron chi connectivity index (χ1n) is 6.91. The van der Waals surface area contributed by atoms with E-state index in [0.29, 0.717) is 22.4 Å². The maximum Gasteiger partial charge on any atom is 0.389 e. The minimum absolute atomic E-state index is 0.259. The second kappa shape index (κ2) is 9.47. The first-order valence-corrected chi connectivity index (χ1v) is 8.75. The van der Waals surface area contributed by atoms with Crippen LogP contribution in [0.25, 0.3) is 0 Å². The molecule has 1 unspecified atom stereocenters. The van der Waals surface area contributed by atoms with Gasteiger partial charge in [-0.1, -0.05) is 6.58 Å². The number of halogens is 7. The summed E-state index contributed by atoms with van der Waals surface area (Å²) in [6.45, 7) is 4.90. The van der Waals surface area contributed by atoms with Crippen molar-refractivity contribution in [3.63, 3.8) is 0 Å². The number of rotatable bonds is 7. The van der Waals surface area contributed by atoms with Crippen molar-refractivity contribution in [3.05, 3.63) is 59.6 Å². The standard InChI is InChI=1S/C16H14BrF6NS/c1-3-12(17)24-8-9(2)15(25-7-6-16(21,22)23)13-10(18)4-5-11(19)14(13)20/h3-5,8,15H,1,6-7H2,2H3/b9-8+,24-12?. The average Bonchev–Trinajstić information content (AvgIpc) is 2.53. The van der Waals surface area contributed by atoms with Crippen LogP contribution in [0, 0.1) is 17.5 Å². The molecule has 0 aliphatic heterocycles. The van der Waals surface area contributed by atoms with Gasteiger partial charge in [0.25, 0.3) is 0 Å². The zero-order chi connectivity index (χ0) is 19.2. The Labute approximate surface area is 154 Å². The highest BCUT2D eigenvalue weighted by atomic mass is 79.9. The molecule has 0 N–H and O–H groups in total. The molecular formula is C16H14BrF6NS. The molecule has 0 bridgehead atoms. The minimum atomic E-state index is -4.40. The maximum absolute atomic E-state index is 14.1. The van der Waals surface area contributed by atoms with E-state index in [9.17, 15) is 26.3 Å². The second-order valence-corrected chi connectivity index (χ2v) is 6.93. The lowest BCUT2D eigenvalue weighted by atomic mass is 10.0. The molecule has 0 saturated heterocycles. The molecule has 9 heteroatoms. The number of hydrogen-bond acceptors (Lipinski definition) is 2. The summed E-state index contributed by atoms with van der Waals surface area (Å²) in [5, 5.41) is -1.16. The molecule has 25 heavy (non-hydrogen) atoms. The molecule has 0 amide bonds. The molecule has 0 radical (unpaired) electrons. The smallest absolute Gasteiger partial charge is 0.249 e. The average molecular weight is 446 g/mol. The Balaban J connectivity index is 3.24. The molecule has 1 aromatic rings. The van der Waals surface area contributed by atoms with Crippen molar-refractivity contribution in [2.75, 3.05) is 5.75 Å². The summed E-state index contributed by atoms with van der Waals surface area (Å²) in [6.07, 6.45) is -2.95. The Bertz CT molecular complexity index is 684. The van der Waals surface area contributed by atoms with Gasteiger partial charge >= 0.3 is 6.18 Å². The Hall–Kier alpha value is -1.22. The van der Waals surface area contributed by atoms with Gasteiger partial charge in [0, 0.05) is 17.5 Å². The van der Waals surface area contributed by atoms with Crippen LogP contribution >= 0.6 is 27.7 Å². The first-order chi connectivity index (χ1) is 11.6. The highest BCUT2D eigenvalue weighted by Crippen LogP contribution is 2.40. The topological polar surface area (TPSA) is 12.4 Å². The van der Waals surface area contributed by atoms with E-state index in [-0.39, 0.29) is 5.57 Å². The number of benzene rings is 1. The molecule has 1 nitrogen and oxygen atoms in total. The molecular weight excluding hydrogens is 432 g/mol. The quantitative estimate of drug-likeness (QED) is 0.258. The van der Waals surface area contributed by atoms with Crippen molar-refractivity contribution in [1.82, 2.24) is 0 Å². The van der Waals surface area contributed by atoms with Crippen molar-refractivity contribution in [1.29, 1.82) is 0 Å². The lowest BCUT2D eigenvalue weighted by Crippen LogP contribution is -2.11. The fourth-order valence-electron chi connectivity index (χ4n) is 1.80. The molecule has 0 aromatic heterocycles. The number of allylic oxidation sites excluding steroid dienone is 1. The summed E-state index contributed by atoms with van der Waals surface area (Å²) in [6, 6.07) is 1.36. The lowest BCUT2D eigenvalue weighted by Gasteiger charge is -2.19. The van der Waals surface area contributed by atoms with Crippen LogP contribution in [0.3, 0.4) is 0 Å². The van der Waals surface area contributed by atoms with E-state index in [4.69, 9.17) is 0 Å². The van der Waals surface area contributed by atoms with Gasteiger partial charge in [0.05, 0.1) is 11.7 Å². The molecule has 0 spiro atoms. The molecule has 1 aromatic carbocycles. The van der Waals surface area contributed by atoms with Gasteiger partial charge in [-0.25, -0.2) is 18.2 Å². The third-order valence-corrected chi connectivity index (χ3v) is 4.89. The van der Waals surface area contributed by atoms with Crippen LogP contribution < -0.4 is 0 Å². The molecule has 0 saturated carbocycles. The van der Waals surface area contributed by atoms with Crippen LogP contribution in [-0.2, 0) is 0 Å². The van der Waals surface area contributed by atoms with E-state index in [1.165, 1.54) is 19.2 Å². The SMILES string of the molecule is C=CC(Br)=N/C=C(\C)C(SCCC(F)(F)F)c1c(F)ccc(F)c1F. The maximum atomic E-state index is 14.1. The van der Waals surface area contributed by atoms with E-state index in [1.807, 2.05) is 0 Å². The highest BCUT2D eigenvalue weighted by Gasteiger charge is 2.29. The van der Waals surface area contributed by atoms with Gasteiger partial charge in [0.1, 0.15) is 10.4 Å². The first kappa shape index (κ1) is 21.8. The Morgan fingerprint density at radius 3 is 2.44 bits per heavy atom. The normalized spacial score (nSPS) is 14.6. The minimum Gasteiger partial charge on any atom is -0.249 e. The monoisotopic (exact) mass is 445 g/mol. The van der Waals surface area contributed by atoms with Crippen LogP contribution in [0.2, 0.25) is 0 Å². The number of nitrogens with zero attached hydrogens (tertiary/aromatic N) is 1. The van der Waals surface area contributed by atoms with Gasteiger partial charge in [-0.2, -0.15) is 13.2 Å². The summed E-state index contributed by atoms with van der Waals surface area (Å²) in [5.74, 6) is -4.19. The van der Waals surface area contributed by atoms with Crippen molar-refractivity contribution in [2.45, 2.75) is 24.8 Å². The Morgan fingerprint density at radius 1 is 1.28 bits per heavy atom. The van der Waals surface area contributed by atoms with E-state index in [0.717, 1.165) is 6.07 Å². The molecule has 0 fully saturated rings. The number of hydrogen-bond donors (Lipinski definition) is 0. The summed E-state index contributed by atoms with van der Waals surface area (Å²) in [4.78, 5) is 3.91. The molecule has 1 rings (SSSR count).